The molecule has 0 fully saturated rings. The first-order valence-electron chi connectivity index (χ1n) is 6.88. The predicted octanol–water partition coefficient (Wildman–Crippen LogP) is 1.94. The average molecular weight is 288 g/mol. The zero-order valence-corrected chi connectivity index (χ0v) is 12.2. The number of carbonyl (C=O) groups excluding carboxylic acids is 1. The van der Waals surface area contributed by atoms with E-state index in [0.717, 1.165) is 17.8 Å². The normalized spacial score (nSPS) is 11.9. The smallest absolute Gasteiger partial charge is 0.255 e. The fourth-order valence-electron chi connectivity index (χ4n) is 1.94. The highest BCUT2D eigenvalue weighted by Crippen LogP contribution is 2.22. The maximum absolute atomic E-state index is 10.7. The molecular weight excluding hydrogens is 268 g/mol. The lowest BCUT2D eigenvalue weighted by Gasteiger charge is -2.14. The van der Waals surface area contributed by atoms with Crippen molar-refractivity contribution in [3.05, 3.63) is 42.2 Å². The Hall–Kier alpha value is -2.50. The topological polar surface area (TPSA) is 82.2 Å². The summed E-state index contributed by atoms with van der Waals surface area (Å²) in [6.45, 7) is 4.84. The summed E-state index contributed by atoms with van der Waals surface area (Å²) in [5, 5.41) is 7.64. The second-order valence-corrected chi connectivity index (χ2v) is 4.78. The van der Waals surface area contributed by atoms with Gasteiger partial charge in [0, 0.05) is 30.1 Å². The molecule has 6 nitrogen and oxygen atoms in total. The van der Waals surface area contributed by atoms with Gasteiger partial charge in [-0.2, -0.15) is 5.10 Å². The summed E-state index contributed by atoms with van der Waals surface area (Å²) in [5.41, 5.74) is 7.08. The van der Waals surface area contributed by atoms with Crippen molar-refractivity contribution in [2.75, 3.05) is 11.9 Å². The average Bonchev–Trinajstić information content (AvgIpc) is 2.94. The number of ether oxygens (including phenoxy) is 1. The Morgan fingerprint density at radius 1 is 1.52 bits per heavy atom. The van der Waals surface area contributed by atoms with Gasteiger partial charge in [0.05, 0.1) is 12.2 Å². The molecule has 1 unspecified atom stereocenters. The van der Waals surface area contributed by atoms with Crippen LogP contribution in [0.3, 0.4) is 0 Å². The molecule has 1 heterocycles. The number of benzene rings is 1. The Bertz CT molecular complexity index is 609. The van der Waals surface area contributed by atoms with Crippen LogP contribution in [0.25, 0.3) is 0 Å². The minimum Gasteiger partial charge on any atom is -0.484 e. The lowest BCUT2D eigenvalue weighted by molar-refractivity contribution is -0.119. The molecule has 0 spiro atoms. The molecule has 21 heavy (non-hydrogen) atoms. The van der Waals surface area contributed by atoms with Crippen molar-refractivity contribution in [1.82, 2.24) is 9.78 Å². The van der Waals surface area contributed by atoms with Gasteiger partial charge < -0.3 is 15.8 Å². The summed E-state index contributed by atoms with van der Waals surface area (Å²) in [6.07, 6.45) is 3.87. The number of carbonyl (C=O) groups is 1. The van der Waals surface area contributed by atoms with Crippen LogP contribution in [0, 0.1) is 0 Å². The van der Waals surface area contributed by atoms with E-state index in [-0.39, 0.29) is 12.6 Å². The molecule has 0 radical (unpaired) electrons. The largest absolute Gasteiger partial charge is 0.484 e. The van der Waals surface area contributed by atoms with Gasteiger partial charge >= 0.3 is 0 Å². The van der Waals surface area contributed by atoms with Crippen molar-refractivity contribution in [3.63, 3.8) is 0 Å². The van der Waals surface area contributed by atoms with Crippen LogP contribution in [-0.2, 0) is 11.3 Å². The van der Waals surface area contributed by atoms with E-state index in [4.69, 9.17) is 10.5 Å². The van der Waals surface area contributed by atoms with Gasteiger partial charge in [-0.15, -0.1) is 0 Å². The number of anilines is 1. The van der Waals surface area contributed by atoms with Gasteiger partial charge in [-0.3, -0.25) is 9.48 Å². The summed E-state index contributed by atoms with van der Waals surface area (Å²) in [4.78, 5) is 10.7. The second kappa shape index (κ2) is 6.78. The number of hydrogen-bond donors (Lipinski definition) is 2. The predicted molar refractivity (Wildman–Crippen MR) is 81.1 cm³/mol. The van der Waals surface area contributed by atoms with Gasteiger partial charge in [0.15, 0.2) is 6.61 Å². The van der Waals surface area contributed by atoms with Crippen molar-refractivity contribution >= 4 is 11.6 Å². The van der Waals surface area contributed by atoms with Gasteiger partial charge in [0.25, 0.3) is 5.91 Å². The maximum atomic E-state index is 10.7. The monoisotopic (exact) mass is 288 g/mol. The highest BCUT2D eigenvalue weighted by Gasteiger charge is 2.08. The molecule has 2 rings (SSSR count). The molecule has 0 saturated heterocycles. The standard InChI is InChI=1S/C15H20N4O2/c1-3-19-9-12(8-17-19)11(2)18-13-5-4-6-14(7-13)21-10-15(16)20/h4-9,11,18H,3,10H2,1-2H3,(H2,16,20). The number of rotatable bonds is 7. The van der Waals surface area contributed by atoms with E-state index < -0.39 is 5.91 Å². The maximum Gasteiger partial charge on any atom is 0.255 e. The van der Waals surface area contributed by atoms with E-state index >= 15 is 0 Å². The summed E-state index contributed by atoms with van der Waals surface area (Å²) in [7, 11) is 0. The van der Waals surface area contributed by atoms with Crippen LogP contribution in [0.2, 0.25) is 0 Å². The molecular formula is C15H20N4O2. The first-order valence-corrected chi connectivity index (χ1v) is 6.88. The molecule has 1 aromatic heterocycles. The Morgan fingerprint density at radius 3 is 3.00 bits per heavy atom. The Kier molecular flexibility index (Phi) is 4.81. The van der Waals surface area contributed by atoms with Crippen molar-refractivity contribution < 1.29 is 9.53 Å². The number of amides is 1. The van der Waals surface area contributed by atoms with Crippen LogP contribution in [-0.4, -0.2) is 22.3 Å². The molecule has 112 valence electrons. The zero-order valence-electron chi connectivity index (χ0n) is 12.2. The molecule has 0 bridgehead atoms. The number of nitrogens with two attached hydrogens (primary N) is 1. The molecule has 0 aliphatic heterocycles. The number of hydrogen-bond acceptors (Lipinski definition) is 4. The number of primary amides is 1. The Labute approximate surface area is 123 Å². The van der Waals surface area contributed by atoms with Gasteiger partial charge in [-0.1, -0.05) is 6.07 Å². The van der Waals surface area contributed by atoms with Crippen molar-refractivity contribution in [3.8, 4) is 5.75 Å². The van der Waals surface area contributed by atoms with Crippen LogP contribution in [0.1, 0.15) is 25.5 Å². The third-order valence-corrected chi connectivity index (χ3v) is 3.08. The van der Waals surface area contributed by atoms with Gasteiger partial charge in [0.1, 0.15) is 5.75 Å². The fourth-order valence-corrected chi connectivity index (χ4v) is 1.94. The van der Waals surface area contributed by atoms with Crippen molar-refractivity contribution in [2.45, 2.75) is 26.4 Å². The van der Waals surface area contributed by atoms with Gasteiger partial charge in [-0.25, -0.2) is 0 Å². The van der Waals surface area contributed by atoms with Gasteiger partial charge in [-0.05, 0) is 26.0 Å². The Balaban J connectivity index is 2.01. The first-order chi connectivity index (χ1) is 10.1. The van der Waals surface area contributed by atoms with Crippen molar-refractivity contribution in [2.24, 2.45) is 5.73 Å². The van der Waals surface area contributed by atoms with E-state index in [1.807, 2.05) is 35.3 Å². The lowest BCUT2D eigenvalue weighted by Crippen LogP contribution is -2.20. The second-order valence-electron chi connectivity index (χ2n) is 4.78. The van der Waals surface area contributed by atoms with Gasteiger partial charge in [0.2, 0.25) is 0 Å². The third kappa shape index (κ3) is 4.24. The van der Waals surface area contributed by atoms with Crippen LogP contribution >= 0.6 is 0 Å². The molecule has 1 aromatic carbocycles. The van der Waals surface area contributed by atoms with E-state index in [2.05, 4.69) is 24.3 Å². The minimum atomic E-state index is -0.492. The third-order valence-electron chi connectivity index (χ3n) is 3.08. The van der Waals surface area contributed by atoms with E-state index in [0.29, 0.717) is 5.75 Å². The molecule has 3 N–H and O–H groups in total. The zero-order chi connectivity index (χ0) is 15.2. The molecule has 6 heteroatoms. The van der Waals surface area contributed by atoms with E-state index in [1.54, 1.807) is 6.07 Å². The highest BCUT2D eigenvalue weighted by molar-refractivity contribution is 5.75. The molecule has 0 saturated carbocycles. The molecule has 0 aliphatic rings. The SMILES string of the molecule is CCn1cc(C(C)Nc2cccc(OCC(N)=O)c2)cn1. The van der Waals surface area contributed by atoms with Crippen LogP contribution in [0.5, 0.6) is 5.75 Å². The Morgan fingerprint density at radius 2 is 2.33 bits per heavy atom. The molecule has 0 aliphatic carbocycles. The highest BCUT2D eigenvalue weighted by atomic mass is 16.5. The van der Waals surface area contributed by atoms with Crippen LogP contribution in [0.4, 0.5) is 5.69 Å². The van der Waals surface area contributed by atoms with E-state index in [1.165, 1.54) is 0 Å². The number of nitrogens with one attached hydrogen (secondary N) is 1. The summed E-state index contributed by atoms with van der Waals surface area (Å²) in [6, 6.07) is 7.55. The molecule has 2 aromatic rings. The van der Waals surface area contributed by atoms with Crippen LogP contribution in [0.15, 0.2) is 36.7 Å². The molecule has 1 atom stereocenters. The number of aryl methyl sites for hydroxylation is 1. The minimum absolute atomic E-state index is 0.122. The first kappa shape index (κ1) is 14.9. The fraction of sp³-hybridized carbons (Fsp3) is 0.333. The summed E-state index contributed by atoms with van der Waals surface area (Å²) >= 11 is 0. The van der Waals surface area contributed by atoms with E-state index in [9.17, 15) is 4.79 Å². The molecule has 1 amide bonds. The summed E-state index contributed by atoms with van der Waals surface area (Å²) < 4.78 is 7.17. The number of nitrogens with zero attached hydrogens (tertiary/aromatic N) is 2. The summed E-state index contributed by atoms with van der Waals surface area (Å²) in [5.74, 6) is 0.115. The number of aromatic nitrogens is 2. The quantitative estimate of drug-likeness (QED) is 0.815. The van der Waals surface area contributed by atoms with Crippen LogP contribution < -0.4 is 15.8 Å². The lowest BCUT2D eigenvalue weighted by atomic mass is 10.2. The van der Waals surface area contributed by atoms with Crippen molar-refractivity contribution in [1.29, 1.82) is 0 Å².